The average Bonchev–Trinajstić information content (AvgIpc) is 2.49. The maximum Gasteiger partial charge on any atom is 0.161 e. The summed E-state index contributed by atoms with van der Waals surface area (Å²) in [5, 5.41) is 4.04. The predicted molar refractivity (Wildman–Crippen MR) is 87.6 cm³/mol. The standard InChI is InChI=1S/C17H20ClNO2/c1-3-20-16-10-9-13(11-17(16)21-4-2)12-19-15-8-6-5-7-14(15)18/h5-11,19H,3-4,12H2,1-2H3. The van der Waals surface area contributed by atoms with E-state index in [0.717, 1.165) is 22.7 Å². The highest BCUT2D eigenvalue weighted by Gasteiger charge is 2.06. The Morgan fingerprint density at radius 2 is 1.67 bits per heavy atom. The van der Waals surface area contributed by atoms with Crippen LogP contribution in [-0.4, -0.2) is 13.2 Å². The first-order valence-electron chi connectivity index (χ1n) is 7.11. The van der Waals surface area contributed by atoms with Crippen molar-refractivity contribution in [1.82, 2.24) is 0 Å². The summed E-state index contributed by atoms with van der Waals surface area (Å²) in [5.41, 5.74) is 2.04. The number of benzene rings is 2. The van der Waals surface area contributed by atoms with E-state index in [9.17, 15) is 0 Å². The summed E-state index contributed by atoms with van der Waals surface area (Å²) in [6, 6.07) is 13.7. The molecule has 0 amide bonds. The van der Waals surface area contributed by atoms with Crippen LogP contribution in [0.5, 0.6) is 11.5 Å². The van der Waals surface area contributed by atoms with E-state index in [0.29, 0.717) is 24.8 Å². The Hall–Kier alpha value is -1.87. The zero-order valence-electron chi connectivity index (χ0n) is 12.4. The number of rotatable bonds is 7. The molecule has 0 saturated carbocycles. The number of para-hydroxylation sites is 1. The maximum absolute atomic E-state index is 6.13. The molecule has 0 bridgehead atoms. The van der Waals surface area contributed by atoms with E-state index >= 15 is 0 Å². The van der Waals surface area contributed by atoms with Gasteiger partial charge in [-0.05, 0) is 43.7 Å². The minimum atomic E-state index is 0.613. The van der Waals surface area contributed by atoms with Crippen molar-refractivity contribution in [1.29, 1.82) is 0 Å². The lowest BCUT2D eigenvalue weighted by atomic mass is 10.2. The van der Waals surface area contributed by atoms with Crippen LogP contribution < -0.4 is 14.8 Å². The van der Waals surface area contributed by atoms with Crippen LogP contribution in [0.3, 0.4) is 0 Å². The molecule has 0 aliphatic carbocycles. The number of hydrogen-bond donors (Lipinski definition) is 1. The molecule has 0 aliphatic heterocycles. The molecule has 0 atom stereocenters. The molecule has 0 spiro atoms. The number of hydrogen-bond acceptors (Lipinski definition) is 3. The van der Waals surface area contributed by atoms with Crippen molar-refractivity contribution in [3.8, 4) is 11.5 Å². The number of halogens is 1. The molecular weight excluding hydrogens is 286 g/mol. The maximum atomic E-state index is 6.13. The third kappa shape index (κ3) is 4.30. The van der Waals surface area contributed by atoms with Gasteiger partial charge in [-0.1, -0.05) is 29.8 Å². The van der Waals surface area contributed by atoms with Gasteiger partial charge in [-0.15, -0.1) is 0 Å². The largest absolute Gasteiger partial charge is 0.490 e. The molecule has 0 aliphatic rings. The van der Waals surface area contributed by atoms with Crippen molar-refractivity contribution in [2.75, 3.05) is 18.5 Å². The summed E-state index contributed by atoms with van der Waals surface area (Å²) in [4.78, 5) is 0. The van der Waals surface area contributed by atoms with Crippen LogP contribution in [0, 0.1) is 0 Å². The summed E-state index contributed by atoms with van der Waals surface area (Å²) in [6.07, 6.45) is 0. The zero-order valence-corrected chi connectivity index (χ0v) is 13.1. The number of anilines is 1. The molecule has 1 N–H and O–H groups in total. The Bertz CT molecular complexity index is 587. The second-order valence-corrected chi connectivity index (χ2v) is 4.89. The first kappa shape index (κ1) is 15.5. The van der Waals surface area contributed by atoms with Crippen molar-refractivity contribution < 1.29 is 9.47 Å². The first-order valence-corrected chi connectivity index (χ1v) is 7.49. The van der Waals surface area contributed by atoms with Gasteiger partial charge in [-0.3, -0.25) is 0 Å². The third-order valence-corrected chi connectivity index (χ3v) is 3.29. The van der Waals surface area contributed by atoms with E-state index in [1.807, 2.05) is 56.3 Å². The lowest BCUT2D eigenvalue weighted by molar-refractivity contribution is 0.287. The Morgan fingerprint density at radius 1 is 0.952 bits per heavy atom. The Balaban J connectivity index is 2.10. The van der Waals surface area contributed by atoms with Gasteiger partial charge in [0.1, 0.15) is 0 Å². The third-order valence-electron chi connectivity index (χ3n) is 2.96. The Labute approximate surface area is 130 Å². The Kier molecular flexibility index (Phi) is 5.76. The van der Waals surface area contributed by atoms with Gasteiger partial charge in [-0.2, -0.15) is 0 Å². The van der Waals surface area contributed by atoms with E-state index in [-0.39, 0.29) is 0 Å². The van der Waals surface area contributed by atoms with Crippen molar-refractivity contribution in [2.24, 2.45) is 0 Å². The van der Waals surface area contributed by atoms with Crippen LogP contribution >= 0.6 is 11.6 Å². The van der Waals surface area contributed by atoms with Gasteiger partial charge in [0.2, 0.25) is 0 Å². The van der Waals surface area contributed by atoms with Gasteiger partial charge >= 0.3 is 0 Å². The number of ether oxygens (including phenoxy) is 2. The van der Waals surface area contributed by atoms with E-state index < -0.39 is 0 Å². The summed E-state index contributed by atoms with van der Waals surface area (Å²) < 4.78 is 11.2. The van der Waals surface area contributed by atoms with Gasteiger partial charge in [0.05, 0.1) is 23.9 Å². The topological polar surface area (TPSA) is 30.5 Å². The van der Waals surface area contributed by atoms with Gasteiger partial charge in [-0.25, -0.2) is 0 Å². The van der Waals surface area contributed by atoms with Gasteiger partial charge < -0.3 is 14.8 Å². The zero-order chi connectivity index (χ0) is 15.1. The summed E-state index contributed by atoms with van der Waals surface area (Å²) >= 11 is 6.13. The highest BCUT2D eigenvalue weighted by molar-refractivity contribution is 6.33. The molecule has 0 radical (unpaired) electrons. The van der Waals surface area contributed by atoms with Crippen molar-refractivity contribution in [3.05, 3.63) is 53.1 Å². The first-order chi connectivity index (χ1) is 10.2. The summed E-state index contributed by atoms with van der Waals surface area (Å²) in [5.74, 6) is 1.55. The second-order valence-electron chi connectivity index (χ2n) is 4.48. The van der Waals surface area contributed by atoms with Gasteiger partial charge in [0.15, 0.2) is 11.5 Å². The molecule has 0 heterocycles. The molecule has 0 fully saturated rings. The van der Waals surface area contributed by atoms with Gasteiger partial charge in [0, 0.05) is 6.54 Å². The van der Waals surface area contributed by atoms with Crippen LogP contribution in [-0.2, 0) is 6.54 Å². The van der Waals surface area contributed by atoms with Gasteiger partial charge in [0.25, 0.3) is 0 Å². The molecule has 21 heavy (non-hydrogen) atoms. The SMILES string of the molecule is CCOc1ccc(CNc2ccccc2Cl)cc1OCC. The summed E-state index contributed by atoms with van der Waals surface area (Å²) in [7, 11) is 0. The van der Waals surface area contributed by atoms with Crippen LogP contribution in [0.25, 0.3) is 0 Å². The van der Waals surface area contributed by atoms with E-state index in [2.05, 4.69) is 5.32 Å². The Morgan fingerprint density at radius 3 is 2.38 bits per heavy atom. The van der Waals surface area contributed by atoms with E-state index in [1.165, 1.54) is 0 Å². The molecule has 3 nitrogen and oxygen atoms in total. The normalized spacial score (nSPS) is 10.2. The molecule has 112 valence electrons. The average molecular weight is 306 g/mol. The fourth-order valence-corrected chi connectivity index (χ4v) is 2.21. The monoisotopic (exact) mass is 305 g/mol. The second kappa shape index (κ2) is 7.79. The molecule has 2 aromatic rings. The van der Waals surface area contributed by atoms with Crippen molar-refractivity contribution in [2.45, 2.75) is 20.4 Å². The van der Waals surface area contributed by atoms with Crippen LogP contribution in [0.15, 0.2) is 42.5 Å². The summed E-state index contributed by atoms with van der Waals surface area (Å²) in [6.45, 7) is 5.84. The van der Waals surface area contributed by atoms with Crippen LogP contribution in [0.4, 0.5) is 5.69 Å². The molecule has 0 saturated heterocycles. The lowest BCUT2D eigenvalue weighted by Crippen LogP contribution is -2.02. The fraction of sp³-hybridized carbons (Fsp3) is 0.294. The minimum Gasteiger partial charge on any atom is -0.490 e. The molecule has 0 unspecified atom stereocenters. The smallest absolute Gasteiger partial charge is 0.161 e. The number of nitrogens with one attached hydrogen (secondary N) is 1. The minimum absolute atomic E-state index is 0.613. The van der Waals surface area contributed by atoms with E-state index in [4.69, 9.17) is 21.1 Å². The highest BCUT2D eigenvalue weighted by atomic mass is 35.5. The quantitative estimate of drug-likeness (QED) is 0.800. The lowest BCUT2D eigenvalue weighted by Gasteiger charge is -2.13. The molecule has 2 rings (SSSR count). The predicted octanol–water partition coefficient (Wildman–Crippen LogP) is 4.75. The molecule has 2 aromatic carbocycles. The van der Waals surface area contributed by atoms with Crippen LogP contribution in [0.2, 0.25) is 5.02 Å². The van der Waals surface area contributed by atoms with Crippen molar-refractivity contribution >= 4 is 17.3 Å². The fourth-order valence-electron chi connectivity index (χ4n) is 2.01. The van der Waals surface area contributed by atoms with E-state index in [1.54, 1.807) is 0 Å². The molecule has 4 heteroatoms. The molecular formula is C17H20ClNO2. The van der Waals surface area contributed by atoms with Crippen molar-refractivity contribution in [3.63, 3.8) is 0 Å². The highest BCUT2D eigenvalue weighted by Crippen LogP contribution is 2.29. The molecule has 0 aromatic heterocycles. The van der Waals surface area contributed by atoms with Crippen LogP contribution in [0.1, 0.15) is 19.4 Å².